The molecule has 0 aliphatic carbocycles. The van der Waals surface area contributed by atoms with Crippen molar-refractivity contribution in [3.8, 4) is 17.0 Å². The number of ether oxygens (including phenoxy) is 2. The molecule has 10 nitrogen and oxygen atoms in total. The first-order valence-corrected chi connectivity index (χ1v) is 13.6. The highest BCUT2D eigenvalue weighted by Crippen LogP contribution is 2.35. The van der Waals surface area contributed by atoms with Gasteiger partial charge in [-0.25, -0.2) is 12.8 Å². The van der Waals surface area contributed by atoms with E-state index in [1.165, 1.54) is 42.5 Å². The Kier molecular flexibility index (Phi) is 8.40. The number of nitrogens with one attached hydrogen (secondary N) is 3. The van der Waals surface area contributed by atoms with Crippen molar-refractivity contribution in [1.29, 1.82) is 0 Å². The maximum Gasteiger partial charge on any atom is 0.355 e. The van der Waals surface area contributed by atoms with Crippen LogP contribution >= 0.6 is 0 Å². The Labute approximate surface area is 228 Å². The lowest BCUT2D eigenvalue weighted by Gasteiger charge is -2.19. The molecule has 0 fully saturated rings. The van der Waals surface area contributed by atoms with Crippen molar-refractivity contribution in [2.24, 2.45) is 0 Å². The average molecular weight is 580 g/mol. The number of sulfonamides is 1. The molecule has 214 valence electrons. The number of aromatic nitrogens is 3. The Balaban J connectivity index is 1.60. The lowest BCUT2D eigenvalue weighted by atomic mass is 9.91. The fraction of sp³-hybridized carbons (Fsp3) is 0.308. The molecule has 0 amide bonds. The van der Waals surface area contributed by atoms with Gasteiger partial charge in [-0.3, -0.25) is 9.82 Å². The number of benzene rings is 2. The van der Waals surface area contributed by atoms with Crippen molar-refractivity contribution in [1.82, 2.24) is 15.4 Å². The van der Waals surface area contributed by atoms with Crippen LogP contribution in [0.25, 0.3) is 11.3 Å². The molecule has 14 heteroatoms. The molecular weight excluding hydrogens is 551 g/mol. The first-order valence-electron chi connectivity index (χ1n) is 12.0. The summed E-state index contributed by atoms with van der Waals surface area (Å²) in [6, 6.07) is 13.2. The maximum absolute atomic E-state index is 13.4. The predicted molar refractivity (Wildman–Crippen MR) is 143 cm³/mol. The van der Waals surface area contributed by atoms with Gasteiger partial charge in [0.15, 0.2) is 11.6 Å². The van der Waals surface area contributed by atoms with E-state index in [0.717, 1.165) is 0 Å². The number of halogens is 3. The van der Waals surface area contributed by atoms with Crippen LogP contribution in [-0.2, 0) is 20.2 Å². The molecule has 0 radical (unpaired) electrons. The zero-order valence-corrected chi connectivity index (χ0v) is 22.9. The van der Waals surface area contributed by atoms with Crippen molar-refractivity contribution in [2.45, 2.75) is 38.0 Å². The third-order valence-electron chi connectivity index (χ3n) is 5.94. The zero-order chi connectivity index (χ0) is 29.1. The predicted octanol–water partition coefficient (Wildman–Crippen LogP) is 5.98. The number of H-pyrrole nitrogens is 1. The summed E-state index contributed by atoms with van der Waals surface area (Å²) in [5.74, 6) is -2.66. The average Bonchev–Trinajstić information content (AvgIpc) is 3.56. The molecule has 2 aromatic heterocycles. The Hall–Kier alpha value is -4.04. The number of nitrogens with zero attached hydrogens (tertiary/aromatic N) is 2. The highest BCUT2D eigenvalue weighted by Gasteiger charge is 2.27. The van der Waals surface area contributed by atoms with Crippen molar-refractivity contribution in [3.63, 3.8) is 0 Å². The summed E-state index contributed by atoms with van der Waals surface area (Å²) >= 11 is 0. The molecule has 3 N–H and O–H groups in total. The van der Waals surface area contributed by atoms with Gasteiger partial charge >= 0.3 is 5.76 Å². The van der Waals surface area contributed by atoms with Crippen LogP contribution in [0.15, 0.2) is 59.1 Å². The molecule has 0 unspecified atom stereocenters. The van der Waals surface area contributed by atoms with Gasteiger partial charge in [-0.1, -0.05) is 37.2 Å². The van der Waals surface area contributed by atoms with E-state index in [2.05, 4.69) is 20.7 Å². The van der Waals surface area contributed by atoms with E-state index in [4.69, 9.17) is 14.0 Å². The van der Waals surface area contributed by atoms with Crippen molar-refractivity contribution >= 4 is 27.3 Å². The van der Waals surface area contributed by atoms with Crippen LogP contribution in [0.3, 0.4) is 0 Å². The van der Waals surface area contributed by atoms with Crippen LogP contribution in [0.1, 0.15) is 38.2 Å². The Morgan fingerprint density at radius 3 is 2.48 bits per heavy atom. The van der Waals surface area contributed by atoms with Crippen molar-refractivity contribution in [3.05, 3.63) is 71.7 Å². The van der Waals surface area contributed by atoms with E-state index in [-0.39, 0.29) is 11.4 Å². The SMILES string of the molecule is COCC(C)(C)c1cc(Nc2cc(-c3ccc(NS(=O)(=O)C(F)F)c(O[C@@H](C)c4ccc(F)cc4)c3)[nH]n2)no1. The monoisotopic (exact) mass is 579 g/mol. The smallest absolute Gasteiger partial charge is 0.355 e. The first-order chi connectivity index (χ1) is 18.9. The zero-order valence-electron chi connectivity index (χ0n) is 22.0. The fourth-order valence-electron chi connectivity index (χ4n) is 3.81. The highest BCUT2D eigenvalue weighted by atomic mass is 32.2. The molecule has 0 aliphatic rings. The first kappa shape index (κ1) is 29.0. The minimum absolute atomic E-state index is 0.0239. The summed E-state index contributed by atoms with van der Waals surface area (Å²) in [5, 5.41) is 14.1. The summed E-state index contributed by atoms with van der Waals surface area (Å²) in [5.41, 5.74) is 1.03. The van der Waals surface area contributed by atoms with Crippen LogP contribution < -0.4 is 14.8 Å². The summed E-state index contributed by atoms with van der Waals surface area (Å²) in [4.78, 5) is 0. The van der Waals surface area contributed by atoms with Crippen LogP contribution in [-0.4, -0.2) is 43.2 Å². The van der Waals surface area contributed by atoms with Crippen LogP contribution in [0, 0.1) is 5.82 Å². The van der Waals surface area contributed by atoms with E-state index in [1.807, 2.05) is 18.6 Å². The Morgan fingerprint density at radius 2 is 1.80 bits per heavy atom. The quantitative estimate of drug-likeness (QED) is 0.187. The van der Waals surface area contributed by atoms with Gasteiger partial charge in [0, 0.05) is 30.2 Å². The largest absolute Gasteiger partial charge is 0.484 e. The minimum Gasteiger partial charge on any atom is -0.484 e. The maximum atomic E-state index is 13.4. The summed E-state index contributed by atoms with van der Waals surface area (Å²) in [6.45, 7) is 6.00. The summed E-state index contributed by atoms with van der Waals surface area (Å²) in [6.07, 6.45) is -0.673. The lowest BCUT2D eigenvalue weighted by molar-refractivity contribution is 0.129. The van der Waals surface area contributed by atoms with Crippen LogP contribution in [0.4, 0.5) is 30.5 Å². The second-order valence-electron chi connectivity index (χ2n) is 9.62. The highest BCUT2D eigenvalue weighted by molar-refractivity contribution is 7.93. The summed E-state index contributed by atoms with van der Waals surface area (Å²) < 4.78 is 81.7. The van der Waals surface area contributed by atoms with Gasteiger partial charge in [0.2, 0.25) is 0 Å². The molecule has 0 saturated carbocycles. The number of alkyl halides is 2. The third kappa shape index (κ3) is 6.74. The van der Waals surface area contributed by atoms with E-state index >= 15 is 0 Å². The van der Waals surface area contributed by atoms with E-state index in [1.54, 1.807) is 26.2 Å². The van der Waals surface area contributed by atoms with Crippen LogP contribution in [0.5, 0.6) is 5.75 Å². The van der Waals surface area contributed by atoms with Crippen LogP contribution in [0.2, 0.25) is 0 Å². The van der Waals surface area contributed by atoms with Gasteiger partial charge in [-0.2, -0.15) is 13.9 Å². The molecule has 2 heterocycles. The van der Waals surface area contributed by atoms with E-state index in [0.29, 0.717) is 40.8 Å². The second-order valence-corrected chi connectivity index (χ2v) is 11.3. The van der Waals surface area contributed by atoms with Crippen molar-refractivity contribution < 1.29 is 35.6 Å². The topological polar surface area (TPSA) is 131 Å². The van der Waals surface area contributed by atoms with Gasteiger partial charge in [0.1, 0.15) is 23.4 Å². The molecule has 40 heavy (non-hydrogen) atoms. The fourth-order valence-corrected chi connectivity index (χ4v) is 4.38. The molecule has 0 aliphatic heterocycles. The minimum atomic E-state index is -4.97. The second kappa shape index (κ2) is 11.6. The Bertz CT molecular complexity index is 1550. The Morgan fingerprint density at radius 1 is 1.07 bits per heavy atom. The van der Waals surface area contributed by atoms with Gasteiger partial charge in [-0.15, -0.1) is 0 Å². The summed E-state index contributed by atoms with van der Waals surface area (Å²) in [7, 11) is -3.37. The van der Waals surface area contributed by atoms with Gasteiger partial charge in [0.25, 0.3) is 10.0 Å². The molecule has 4 aromatic rings. The number of aromatic amines is 1. The van der Waals surface area contributed by atoms with E-state index < -0.39 is 33.1 Å². The molecule has 0 bridgehead atoms. The number of methoxy groups -OCH3 is 1. The van der Waals surface area contributed by atoms with Gasteiger partial charge in [0.05, 0.1) is 18.0 Å². The standard InChI is InChI=1S/C26H28F3N5O5S/c1-15(16-5-8-18(27)9-6-16)38-21-11-17(7-10-19(21)34-40(35,36)25(28)29)20-12-23(32-31-20)30-24-13-22(39-33-24)26(2,3)14-37-4/h5-13,15,25,34H,14H2,1-4H3,(H2,30,31,32,33)/t15-/m0/s1. The van der Waals surface area contributed by atoms with Gasteiger partial charge < -0.3 is 19.3 Å². The molecule has 4 rings (SSSR count). The third-order valence-corrected chi connectivity index (χ3v) is 6.91. The lowest BCUT2D eigenvalue weighted by Crippen LogP contribution is -2.22. The number of hydrogen-bond donors (Lipinski definition) is 3. The van der Waals surface area contributed by atoms with Crippen molar-refractivity contribution in [2.75, 3.05) is 23.8 Å². The molecule has 2 aromatic carbocycles. The molecule has 0 spiro atoms. The van der Waals surface area contributed by atoms with E-state index in [9.17, 15) is 21.6 Å². The number of anilines is 3. The number of hydrogen-bond acceptors (Lipinski definition) is 8. The molecule has 0 saturated heterocycles. The normalized spacial score (nSPS) is 12.9. The molecular formula is C26H28F3N5O5S. The van der Waals surface area contributed by atoms with Gasteiger partial charge in [-0.05, 0) is 36.8 Å². The molecule has 1 atom stereocenters. The number of rotatable bonds is 12.